The van der Waals surface area contributed by atoms with Crippen LogP contribution in [0.4, 0.5) is 4.79 Å². The predicted molar refractivity (Wildman–Crippen MR) is 77.4 cm³/mol. The van der Waals surface area contributed by atoms with Crippen LogP contribution >= 0.6 is 23.2 Å². The van der Waals surface area contributed by atoms with Crippen LogP contribution in [-0.4, -0.2) is 42.3 Å². The Labute approximate surface area is 127 Å². The van der Waals surface area contributed by atoms with E-state index in [1.807, 2.05) is 6.07 Å². The van der Waals surface area contributed by atoms with Gasteiger partial charge < -0.3 is 20.5 Å². The first kappa shape index (κ1) is 15.4. The van der Waals surface area contributed by atoms with Crippen molar-refractivity contribution in [3.63, 3.8) is 0 Å². The molecule has 7 heteroatoms. The molecule has 1 amide bonds. The third-order valence-electron chi connectivity index (χ3n) is 3.57. The zero-order valence-corrected chi connectivity index (χ0v) is 12.3. The Kier molecular flexibility index (Phi) is 4.75. The highest BCUT2D eigenvalue weighted by molar-refractivity contribution is 6.42. The minimum absolute atomic E-state index is 0.248. The molecule has 1 unspecified atom stereocenters. The highest BCUT2D eigenvalue weighted by Crippen LogP contribution is 2.34. The van der Waals surface area contributed by atoms with E-state index in [0.717, 1.165) is 5.56 Å². The zero-order chi connectivity index (χ0) is 14.8. The van der Waals surface area contributed by atoms with E-state index in [-0.39, 0.29) is 6.54 Å². The molecule has 20 heavy (non-hydrogen) atoms. The summed E-state index contributed by atoms with van der Waals surface area (Å²) in [6.07, 6.45) is -0.469. The fraction of sp³-hybridized carbons (Fsp3) is 0.462. The van der Waals surface area contributed by atoms with Gasteiger partial charge in [-0.3, -0.25) is 0 Å². The molecule has 1 saturated heterocycles. The van der Waals surface area contributed by atoms with E-state index in [0.29, 0.717) is 36.2 Å². The first-order valence-corrected chi connectivity index (χ1v) is 7.01. The Hall–Kier alpha value is -1.01. The molecular weight excluding hydrogens is 303 g/mol. The van der Waals surface area contributed by atoms with Gasteiger partial charge in [0.2, 0.25) is 0 Å². The lowest BCUT2D eigenvalue weighted by atomic mass is 9.90. The molecule has 0 spiro atoms. The van der Waals surface area contributed by atoms with Crippen molar-refractivity contribution in [1.82, 2.24) is 4.90 Å². The van der Waals surface area contributed by atoms with Gasteiger partial charge in [-0.2, -0.15) is 0 Å². The van der Waals surface area contributed by atoms with Gasteiger partial charge in [0.15, 0.2) is 0 Å². The van der Waals surface area contributed by atoms with Crippen LogP contribution in [-0.2, 0) is 10.3 Å². The SMILES string of the molecule is NCC1(c2ccc(Cl)c(Cl)c2)CCN(C(=O)O)CCO1. The van der Waals surface area contributed by atoms with E-state index in [9.17, 15) is 4.79 Å². The minimum atomic E-state index is -0.949. The molecule has 3 N–H and O–H groups in total. The smallest absolute Gasteiger partial charge is 0.407 e. The van der Waals surface area contributed by atoms with Gasteiger partial charge in [-0.25, -0.2) is 4.79 Å². The maximum absolute atomic E-state index is 11.0. The van der Waals surface area contributed by atoms with E-state index in [4.69, 9.17) is 38.8 Å². The molecule has 0 bridgehead atoms. The van der Waals surface area contributed by atoms with Crippen molar-refractivity contribution in [2.45, 2.75) is 12.0 Å². The number of nitrogens with two attached hydrogens (primary N) is 1. The molecule has 110 valence electrons. The van der Waals surface area contributed by atoms with Crippen LogP contribution in [0.1, 0.15) is 12.0 Å². The molecule has 5 nitrogen and oxygen atoms in total. The number of carbonyl (C=O) groups is 1. The Morgan fingerprint density at radius 2 is 2.15 bits per heavy atom. The number of nitrogens with zero attached hydrogens (tertiary/aromatic N) is 1. The molecule has 2 rings (SSSR count). The molecule has 1 aromatic rings. The number of hydrogen-bond acceptors (Lipinski definition) is 3. The molecule has 1 fully saturated rings. The highest BCUT2D eigenvalue weighted by atomic mass is 35.5. The zero-order valence-electron chi connectivity index (χ0n) is 10.8. The van der Waals surface area contributed by atoms with E-state index in [1.165, 1.54) is 4.90 Å². The molecule has 1 aliphatic rings. The number of amides is 1. The van der Waals surface area contributed by atoms with Gasteiger partial charge in [0.25, 0.3) is 0 Å². The standard InChI is InChI=1S/C13H16Cl2N2O3/c14-10-2-1-9(7-11(10)15)13(8-16)3-4-17(12(18)19)5-6-20-13/h1-2,7H,3-6,8,16H2,(H,18,19). The summed E-state index contributed by atoms with van der Waals surface area (Å²) in [6, 6.07) is 5.24. The summed E-state index contributed by atoms with van der Waals surface area (Å²) in [4.78, 5) is 12.4. The molecule has 0 aliphatic carbocycles. The maximum atomic E-state index is 11.0. The predicted octanol–water partition coefficient (Wildman–Crippen LogP) is 2.55. The molecule has 1 heterocycles. The van der Waals surface area contributed by atoms with Crippen LogP contribution in [0, 0.1) is 0 Å². The van der Waals surface area contributed by atoms with Crippen molar-refractivity contribution in [2.24, 2.45) is 5.73 Å². The number of rotatable bonds is 2. The van der Waals surface area contributed by atoms with Gasteiger partial charge in [-0.15, -0.1) is 0 Å². The van der Waals surface area contributed by atoms with Gasteiger partial charge in [0.05, 0.1) is 16.7 Å². The number of carboxylic acid groups (broad SMARTS) is 1. The van der Waals surface area contributed by atoms with Crippen molar-refractivity contribution in [1.29, 1.82) is 0 Å². The Bertz CT molecular complexity index is 512. The number of ether oxygens (including phenoxy) is 1. The molecule has 0 aromatic heterocycles. The fourth-order valence-electron chi connectivity index (χ4n) is 2.33. The van der Waals surface area contributed by atoms with Crippen LogP contribution < -0.4 is 5.73 Å². The molecule has 1 aliphatic heterocycles. The first-order chi connectivity index (χ1) is 9.48. The van der Waals surface area contributed by atoms with Crippen LogP contribution in [0.25, 0.3) is 0 Å². The van der Waals surface area contributed by atoms with Crippen LogP contribution in [0.5, 0.6) is 0 Å². The van der Waals surface area contributed by atoms with Gasteiger partial charge >= 0.3 is 6.09 Å². The van der Waals surface area contributed by atoms with Crippen molar-refractivity contribution >= 4 is 29.3 Å². The minimum Gasteiger partial charge on any atom is -0.465 e. The van der Waals surface area contributed by atoms with Crippen molar-refractivity contribution < 1.29 is 14.6 Å². The van der Waals surface area contributed by atoms with Crippen molar-refractivity contribution in [2.75, 3.05) is 26.2 Å². The highest BCUT2D eigenvalue weighted by Gasteiger charge is 2.35. The van der Waals surface area contributed by atoms with Gasteiger partial charge in [0, 0.05) is 19.6 Å². The quantitative estimate of drug-likeness (QED) is 0.878. The van der Waals surface area contributed by atoms with Gasteiger partial charge in [-0.1, -0.05) is 29.3 Å². The molecule has 0 radical (unpaired) electrons. The monoisotopic (exact) mass is 318 g/mol. The summed E-state index contributed by atoms with van der Waals surface area (Å²) in [5.41, 5.74) is 5.98. The third-order valence-corrected chi connectivity index (χ3v) is 4.31. The van der Waals surface area contributed by atoms with E-state index in [2.05, 4.69) is 0 Å². The first-order valence-electron chi connectivity index (χ1n) is 6.26. The van der Waals surface area contributed by atoms with Crippen LogP contribution in [0.3, 0.4) is 0 Å². The molecular formula is C13H16Cl2N2O3. The lowest BCUT2D eigenvalue weighted by Crippen LogP contribution is -2.39. The topological polar surface area (TPSA) is 75.8 Å². The second-order valence-corrected chi connectivity index (χ2v) is 5.51. The van der Waals surface area contributed by atoms with Gasteiger partial charge in [0.1, 0.15) is 5.60 Å². The fourth-order valence-corrected chi connectivity index (χ4v) is 2.63. The molecule has 1 aromatic carbocycles. The summed E-state index contributed by atoms with van der Waals surface area (Å²) in [7, 11) is 0. The second-order valence-electron chi connectivity index (χ2n) is 4.70. The Balaban J connectivity index is 2.29. The summed E-state index contributed by atoms with van der Waals surface area (Å²) >= 11 is 12.0. The van der Waals surface area contributed by atoms with Gasteiger partial charge in [-0.05, 0) is 24.1 Å². The number of hydrogen-bond donors (Lipinski definition) is 2. The normalized spacial score (nSPS) is 23.4. The average molecular weight is 319 g/mol. The van der Waals surface area contributed by atoms with Crippen molar-refractivity contribution in [3.05, 3.63) is 33.8 Å². The number of halogens is 2. The van der Waals surface area contributed by atoms with Crippen LogP contribution in [0.15, 0.2) is 18.2 Å². The van der Waals surface area contributed by atoms with E-state index in [1.54, 1.807) is 12.1 Å². The number of benzene rings is 1. The lowest BCUT2D eigenvalue weighted by molar-refractivity contribution is -0.0359. The average Bonchev–Trinajstić information content (AvgIpc) is 2.65. The lowest BCUT2D eigenvalue weighted by Gasteiger charge is -2.31. The summed E-state index contributed by atoms with van der Waals surface area (Å²) in [5, 5.41) is 9.95. The third kappa shape index (κ3) is 3.01. The summed E-state index contributed by atoms with van der Waals surface area (Å²) in [5.74, 6) is 0. The largest absolute Gasteiger partial charge is 0.465 e. The summed E-state index contributed by atoms with van der Waals surface area (Å²) < 4.78 is 5.87. The van der Waals surface area contributed by atoms with Crippen LogP contribution in [0.2, 0.25) is 10.0 Å². The Morgan fingerprint density at radius 1 is 1.40 bits per heavy atom. The molecule has 1 atom stereocenters. The van der Waals surface area contributed by atoms with E-state index >= 15 is 0 Å². The maximum Gasteiger partial charge on any atom is 0.407 e. The second kappa shape index (κ2) is 6.18. The Morgan fingerprint density at radius 3 is 2.75 bits per heavy atom. The van der Waals surface area contributed by atoms with Crippen molar-refractivity contribution in [3.8, 4) is 0 Å². The molecule has 0 saturated carbocycles. The summed E-state index contributed by atoms with van der Waals surface area (Å²) in [6.45, 7) is 1.24. The van der Waals surface area contributed by atoms with E-state index < -0.39 is 11.7 Å².